The third-order valence-corrected chi connectivity index (χ3v) is 3.45. The van der Waals surface area contributed by atoms with Gasteiger partial charge >= 0.3 is 5.97 Å². The molecule has 3 nitrogen and oxygen atoms in total. The Balaban J connectivity index is 1.87. The molecule has 0 saturated heterocycles. The summed E-state index contributed by atoms with van der Waals surface area (Å²) >= 11 is 0. The number of hydrogen-bond donors (Lipinski definition) is 1. The van der Waals surface area contributed by atoms with Crippen molar-refractivity contribution in [2.75, 3.05) is 0 Å². The summed E-state index contributed by atoms with van der Waals surface area (Å²) in [5.41, 5.74) is 1.17. The first-order valence-electron chi connectivity index (χ1n) is 7.24. The summed E-state index contributed by atoms with van der Waals surface area (Å²) in [6.45, 7) is 1.55. The van der Waals surface area contributed by atoms with Gasteiger partial charge in [0.1, 0.15) is 18.0 Å². The molecule has 0 aliphatic rings. The van der Waals surface area contributed by atoms with Gasteiger partial charge in [-0.1, -0.05) is 48.5 Å². The average Bonchev–Trinajstić information content (AvgIpc) is 2.53. The van der Waals surface area contributed by atoms with Crippen LogP contribution in [0.2, 0.25) is 0 Å². The highest BCUT2D eigenvalue weighted by molar-refractivity contribution is 5.70. The van der Waals surface area contributed by atoms with Crippen LogP contribution in [0.25, 0.3) is 0 Å². The lowest BCUT2D eigenvalue weighted by Gasteiger charge is -2.20. The SMILES string of the molecule is C[C@H](OC(=O)CCc1ccccc1)[C@@H](O)c1ccccc1F. The zero-order chi connectivity index (χ0) is 15.9. The van der Waals surface area contributed by atoms with E-state index in [0.717, 1.165) is 5.56 Å². The minimum absolute atomic E-state index is 0.130. The lowest BCUT2D eigenvalue weighted by atomic mass is 10.0. The first kappa shape index (κ1) is 16.2. The fraction of sp³-hybridized carbons (Fsp3) is 0.278. The van der Waals surface area contributed by atoms with E-state index in [1.54, 1.807) is 19.1 Å². The molecule has 116 valence electrons. The van der Waals surface area contributed by atoms with Gasteiger partial charge in [0.15, 0.2) is 0 Å². The van der Waals surface area contributed by atoms with Gasteiger partial charge in [-0.05, 0) is 25.0 Å². The number of aliphatic hydroxyl groups excluding tert-OH is 1. The van der Waals surface area contributed by atoms with Gasteiger partial charge in [-0.3, -0.25) is 4.79 Å². The van der Waals surface area contributed by atoms with Crippen LogP contribution >= 0.6 is 0 Å². The van der Waals surface area contributed by atoms with Crippen LogP contribution < -0.4 is 0 Å². The Bertz CT molecular complexity index is 613. The lowest BCUT2D eigenvalue weighted by Crippen LogP contribution is -2.23. The molecule has 0 radical (unpaired) electrons. The maximum absolute atomic E-state index is 13.6. The second kappa shape index (κ2) is 7.71. The zero-order valence-corrected chi connectivity index (χ0v) is 12.4. The maximum atomic E-state index is 13.6. The Hall–Kier alpha value is -2.20. The monoisotopic (exact) mass is 302 g/mol. The number of rotatable bonds is 6. The Labute approximate surface area is 129 Å². The number of benzene rings is 2. The summed E-state index contributed by atoms with van der Waals surface area (Å²) in [6.07, 6.45) is -1.19. The van der Waals surface area contributed by atoms with E-state index < -0.39 is 24.0 Å². The molecule has 0 aliphatic heterocycles. The first-order valence-corrected chi connectivity index (χ1v) is 7.24. The van der Waals surface area contributed by atoms with Crippen molar-refractivity contribution < 1.29 is 19.0 Å². The molecule has 2 atom stereocenters. The van der Waals surface area contributed by atoms with Crippen molar-refractivity contribution in [3.05, 3.63) is 71.5 Å². The van der Waals surface area contributed by atoms with Gasteiger partial charge in [-0.25, -0.2) is 4.39 Å². The van der Waals surface area contributed by atoms with Gasteiger partial charge in [0.05, 0.1) is 0 Å². The molecule has 4 heteroatoms. The number of aryl methyl sites for hydroxylation is 1. The van der Waals surface area contributed by atoms with Crippen molar-refractivity contribution in [3.8, 4) is 0 Å². The molecular formula is C18H19FO3. The zero-order valence-electron chi connectivity index (χ0n) is 12.4. The standard InChI is InChI=1S/C18H19FO3/c1-13(18(21)15-9-5-6-10-16(15)19)22-17(20)12-11-14-7-3-2-4-8-14/h2-10,13,18,21H,11-12H2,1H3/t13-,18+/m0/s1. The highest BCUT2D eigenvalue weighted by Gasteiger charge is 2.22. The van der Waals surface area contributed by atoms with E-state index in [2.05, 4.69) is 0 Å². The van der Waals surface area contributed by atoms with E-state index in [4.69, 9.17) is 4.74 Å². The summed E-state index contributed by atoms with van der Waals surface area (Å²) in [7, 11) is 0. The molecule has 0 fully saturated rings. The predicted octanol–water partition coefficient (Wildman–Crippen LogP) is 3.42. The topological polar surface area (TPSA) is 46.5 Å². The molecule has 0 spiro atoms. The molecule has 2 aromatic carbocycles. The first-order chi connectivity index (χ1) is 10.6. The molecule has 2 rings (SSSR count). The molecule has 0 amide bonds. The Kier molecular flexibility index (Phi) is 5.67. The molecule has 0 heterocycles. The fourth-order valence-electron chi connectivity index (χ4n) is 2.19. The molecule has 2 aromatic rings. The Morgan fingerprint density at radius 1 is 1.14 bits per heavy atom. The van der Waals surface area contributed by atoms with Crippen molar-refractivity contribution in [1.82, 2.24) is 0 Å². The lowest BCUT2D eigenvalue weighted by molar-refractivity contribution is -0.154. The van der Waals surface area contributed by atoms with Crippen LogP contribution in [0, 0.1) is 5.82 Å². The third kappa shape index (κ3) is 4.40. The van der Waals surface area contributed by atoms with Crippen LogP contribution in [-0.4, -0.2) is 17.2 Å². The van der Waals surface area contributed by atoms with Crippen molar-refractivity contribution in [3.63, 3.8) is 0 Å². The van der Waals surface area contributed by atoms with Crippen LogP contribution in [0.15, 0.2) is 54.6 Å². The Morgan fingerprint density at radius 3 is 2.45 bits per heavy atom. The fourth-order valence-corrected chi connectivity index (χ4v) is 2.19. The molecule has 1 N–H and O–H groups in total. The normalized spacial score (nSPS) is 13.4. The Morgan fingerprint density at radius 2 is 1.77 bits per heavy atom. The van der Waals surface area contributed by atoms with Gasteiger partial charge < -0.3 is 9.84 Å². The van der Waals surface area contributed by atoms with Gasteiger partial charge in [-0.2, -0.15) is 0 Å². The van der Waals surface area contributed by atoms with Gasteiger partial charge in [0.25, 0.3) is 0 Å². The highest BCUT2D eigenvalue weighted by atomic mass is 19.1. The molecule has 0 aliphatic carbocycles. The van der Waals surface area contributed by atoms with Crippen LogP contribution in [0.5, 0.6) is 0 Å². The number of aliphatic hydroxyl groups is 1. The van der Waals surface area contributed by atoms with Gasteiger partial charge in [-0.15, -0.1) is 0 Å². The van der Waals surface area contributed by atoms with Crippen molar-refractivity contribution in [2.45, 2.75) is 32.0 Å². The molecule has 0 unspecified atom stereocenters. The molecule has 22 heavy (non-hydrogen) atoms. The second-order valence-electron chi connectivity index (χ2n) is 5.15. The summed E-state index contributed by atoms with van der Waals surface area (Å²) in [5, 5.41) is 10.1. The summed E-state index contributed by atoms with van der Waals surface area (Å²) in [5.74, 6) is -0.922. The number of hydrogen-bond acceptors (Lipinski definition) is 3. The van der Waals surface area contributed by atoms with Gasteiger partial charge in [0, 0.05) is 12.0 Å². The average molecular weight is 302 g/mol. The minimum Gasteiger partial charge on any atom is -0.460 e. The van der Waals surface area contributed by atoms with E-state index in [9.17, 15) is 14.3 Å². The van der Waals surface area contributed by atoms with E-state index in [0.29, 0.717) is 6.42 Å². The number of carbonyl (C=O) groups is 1. The number of ether oxygens (including phenoxy) is 1. The molecule has 0 aromatic heterocycles. The number of halogens is 1. The van der Waals surface area contributed by atoms with Crippen molar-refractivity contribution in [2.24, 2.45) is 0 Å². The quantitative estimate of drug-likeness (QED) is 0.832. The minimum atomic E-state index is -1.18. The highest BCUT2D eigenvalue weighted by Crippen LogP contribution is 2.22. The van der Waals surface area contributed by atoms with Crippen molar-refractivity contribution in [1.29, 1.82) is 0 Å². The number of carbonyl (C=O) groups excluding carboxylic acids is 1. The number of esters is 1. The molecule has 0 saturated carbocycles. The predicted molar refractivity (Wildman–Crippen MR) is 81.7 cm³/mol. The summed E-state index contributed by atoms with van der Waals surface area (Å²) < 4.78 is 18.8. The maximum Gasteiger partial charge on any atom is 0.306 e. The largest absolute Gasteiger partial charge is 0.460 e. The van der Waals surface area contributed by atoms with Gasteiger partial charge in [0.2, 0.25) is 0 Å². The van der Waals surface area contributed by atoms with Crippen LogP contribution in [0.4, 0.5) is 4.39 Å². The summed E-state index contributed by atoms with van der Waals surface area (Å²) in [4.78, 5) is 11.8. The smallest absolute Gasteiger partial charge is 0.306 e. The molecule has 0 bridgehead atoms. The van der Waals surface area contributed by atoms with E-state index in [1.165, 1.54) is 12.1 Å². The van der Waals surface area contributed by atoms with Crippen LogP contribution in [-0.2, 0) is 16.0 Å². The van der Waals surface area contributed by atoms with Crippen LogP contribution in [0.3, 0.4) is 0 Å². The van der Waals surface area contributed by atoms with E-state index in [1.807, 2.05) is 30.3 Å². The molecular weight excluding hydrogens is 283 g/mol. The second-order valence-corrected chi connectivity index (χ2v) is 5.15. The van der Waals surface area contributed by atoms with E-state index in [-0.39, 0.29) is 12.0 Å². The van der Waals surface area contributed by atoms with Crippen molar-refractivity contribution >= 4 is 5.97 Å². The third-order valence-electron chi connectivity index (χ3n) is 3.45. The summed E-state index contributed by atoms with van der Waals surface area (Å²) in [6, 6.07) is 15.5. The van der Waals surface area contributed by atoms with E-state index >= 15 is 0 Å². The van der Waals surface area contributed by atoms with Crippen LogP contribution in [0.1, 0.15) is 30.6 Å².